The van der Waals surface area contributed by atoms with Gasteiger partial charge < -0.3 is 5.11 Å². The molecular weight excluding hydrogens is 292 g/mol. The maximum absolute atomic E-state index is 12.7. The number of aromatic hydroxyl groups is 1. The monoisotopic (exact) mass is 308 g/mol. The summed E-state index contributed by atoms with van der Waals surface area (Å²) in [5, 5.41) is 14.7. The second-order valence-electron chi connectivity index (χ2n) is 6.98. The van der Waals surface area contributed by atoms with Crippen molar-refractivity contribution >= 4 is 18.0 Å². The van der Waals surface area contributed by atoms with Gasteiger partial charge in [-0.25, -0.2) is 0 Å². The van der Waals surface area contributed by atoms with E-state index in [4.69, 9.17) is 0 Å². The fourth-order valence-electron chi connectivity index (χ4n) is 4.78. The Kier molecular flexibility index (Phi) is 2.45. The first-order valence-electron chi connectivity index (χ1n) is 8.04. The molecule has 2 bridgehead atoms. The minimum Gasteiger partial charge on any atom is -0.508 e. The molecule has 0 aromatic heterocycles. The normalized spacial score (nSPS) is 39.9. The van der Waals surface area contributed by atoms with E-state index in [0.717, 1.165) is 11.4 Å². The summed E-state index contributed by atoms with van der Waals surface area (Å²) in [6.45, 7) is 0. The largest absolute Gasteiger partial charge is 0.508 e. The van der Waals surface area contributed by atoms with Gasteiger partial charge in [-0.15, -0.1) is 0 Å². The van der Waals surface area contributed by atoms with E-state index >= 15 is 0 Å². The Morgan fingerprint density at radius 3 is 2.35 bits per heavy atom. The number of hydrazone groups is 1. The Labute approximate surface area is 133 Å². The van der Waals surface area contributed by atoms with Crippen molar-refractivity contribution < 1.29 is 14.7 Å². The Hall–Kier alpha value is -2.43. The van der Waals surface area contributed by atoms with Crippen LogP contribution in [-0.2, 0) is 9.59 Å². The lowest BCUT2D eigenvalue weighted by Crippen LogP contribution is -2.40. The molecule has 1 aromatic rings. The third-order valence-electron chi connectivity index (χ3n) is 5.83. The van der Waals surface area contributed by atoms with Gasteiger partial charge in [0.1, 0.15) is 5.75 Å². The van der Waals surface area contributed by atoms with Crippen molar-refractivity contribution in [1.82, 2.24) is 5.01 Å². The van der Waals surface area contributed by atoms with Crippen LogP contribution in [0.3, 0.4) is 0 Å². The van der Waals surface area contributed by atoms with Crippen LogP contribution < -0.4 is 0 Å². The Morgan fingerprint density at radius 1 is 1.09 bits per heavy atom. The predicted octanol–water partition coefficient (Wildman–Crippen LogP) is 1.78. The fourth-order valence-corrected chi connectivity index (χ4v) is 4.78. The molecule has 6 atom stereocenters. The molecule has 5 aliphatic rings. The molecule has 1 N–H and O–H groups in total. The van der Waals surface area contributed by atoms with Crippen molar-refractivity contribution in [3.8, 4) is 5.75 Å². The zero-order chi connectivity index (χ0) is 15.7. The van der Waals surface area contributed by atoms with E-state index in [0.29, 0.717) is 17.4 Å². The number of allylic oxidation sites excluding steroid dienone is 2. The van der Waals surface area contributed by atoms with E-state index in [1.54, 1.807) is 24.3 Å². The van der Waals surface area contributed by atoms with Crippen LogP contribution in [0.2, 0.25) is 0 Å². The van der Waals surface area contributed by atoms with Gasteiger partial charge in [-0.05, 0) is 47.8 Å². The molecule has 6 rings (SSSR count). The summed E-state index contributed by atoms with van der Waals surface area (Å²) in [5.41, 5.74) is 0.657. The van der Waals surface area contributed by atoms with Crippen LogP contribution in [0.15, 0.2) is 41.5 Å². The van der Waals surface area contributed by atoms with E-state index in [2.05, 4.69) is 17.3 Å². The minimum absolute atomic E-state index is 0.129. The average molecular weight is 308 g/mol. The van der Waals surface area contributed by atoms with Crippen LogP contribution in [-0.4, -0.2) is 28.1 Å². The summed E-state index contributed by atoms with van der Waals surface area (Å²) in [7, 11) is 0. The third-order valence-corrected chi connectivity index (χ3v) is 5.83. The van der Waals surface area contributed by atoms with Crippen LogP contribution in [0.25, 0.3) is 0 Å². The van der Waals surface area contributed by atoms with E-state index in [9.17, 15) is 14.7 Å². The molecule has 1 aromatic carbocycles. The molecule has 23 heavy (non-hydrogen) atoms. The molecule has 0 unspecified atom stereocenters. The van der Waals surface area contributed by atoms with Crippen molar-refractivity contribution in [2.24, 2.45) is 40.6 Å². The SMILES string of the molecule is O=C1[C@@H]2[C@H]3C=C[C@@H]([C@@H]4C[C@H]34)[C@@H]2C(=O)N1/N=C\c1cccc(O)c1. The fraction of sp³-hybridized carbons (Fsp3) is 0.389. The quantitative estimate of drug-likeness (QED) is 0.514. The van der Waals surface area contributed by atoms with E-state index in [1.807, 2.05) is 0 Å². The molecule has 5 nitrogen and oxygen atoms in total. The standard InChI is InChI=1S/C18H16N2O3/c21-10-3-1-2-9(6-10)8-19-20-17(22)15-11-4-5-12(14-7-13(11)14)16(15)18(20)23/h1-6,8,11-16,21H,7H2/b19-8-/t11-,12-,13-,14+,15-,16+/m0/s1. The minimum atomic E-state index is -0.220. The van der Waals surface area contributed by atoms with Gasteiger partial charge in [-0.1, -0.05) is 24.3 Å². The number of carbonyl (C=O) groups is 2. The van der Waals surface area contributed by atoms with E-state index in [-0.39, 0.29) is 41.2 Å². The number of nitrogens with zero attached hydrogens (tertiary/aromatic N) is 2. The Bertz CT molecular complexity index is 748. The summed E-state index contributed by atoms with van der Waals surface area (Å²) in [6, 6.07) is 6.57. The van der Waals surface area contributed by atoms with Crippen molar-refractivity contribution in [3.63, 3.8) is 0 Å². The molecule has 1 aliphatic heterocycles. The van der Waals surface area contributed by atoms with Crippen molar-refractivity contribution in [2.45, 2.75) is 6.42 Å². The zero-order valence-corrected chi connectivity index (χ0v) is 12.4. The predicted molar refractivity (Wildman–Crippen MR) is 82.3 cm³/mol. The van der Waals surface area contributed by atoms with Gasteiger partial charge in [-0.2, -0.15) is 10.1 Å². The van der Waals surface area contributed by atoms with Crippen LogP contribution in [0.5, 0.6) is 5.75 Å². The van der Waals surface area contributed by atoms with Crippen molar-refractivity contribution in [3.05, 3.63) is 42.0 Å². The highest BCUT2D eigenvalue weighted by atomic mass is 16.3. The first-order chi connectivity index (χ1) is 11.1. The van der Waals surface area contributed by atoms with Crippen LogP contribution in [0, 0.1) is 35.5 Å². The summed E-state index contributed by atoms with van der Waals surface area (Å²) >= 11 is 0. The molecule has 2 saturated carbocycles. The smallest absolute Gasteiger partial charge is 0.254 e. The van der Waals surface area contributed by atoms with Crippen molar-refractivity contribution in [2.75, 3.05) is 0 Å². The number of amides is 2. The topological polar surface area (TPSA) is 70.0 Å². The van der Waals surface area contributed by atoms with Gasteiger partial charge in [0.05, 0.1) is 18.1 Å². The first kappa shape index (κ1) is 13.0. The second kappa shape index (κ2) is 4.31. The number of phenolic OH excluding ortho intramolecular Hbond substituents is 1. The lowest BCUT2D eigenvalue weighted by Gasteiger charge is -2.37. The van der Waals surface area contributed by atoms with E-state index in [1.165, 1.54) is 6.21 Å². The van der Waals surface area contributed by atoms with Gasteiger partial charge in [0.2, 0.25) is 0 Å². The number of rotatable bonds is 2. The highest BCUT2D eigenvalue weighted by Crippen LogP contribution is 2.65. The van der Waals surface area contributed by atoms with Crippen LogP contribution in [0.1, 0.15) is 12.0 Å². The molecule has 2 amide bonds. The number of phenols is 1. The van der Waals surface area contributed by atoms with Gasteiger partial charge >= 0.3 is 0 Å². The number of carbonyl (C=O) groups excluding carboxylic acids is 2. The molecule has 5 heteroatoms. The van der Waals surface area contributed by atoms with Crippen LogP contribution >= 0.6 is 0 Å². The highest BCUT2D eigenvalue weighted by Gasteiger charge is 2.67. The van der Waals surface area contributed by atoms with Gasteiger partial charge in [0, 0.05) is 0 Å². The van der Waals surface area contributed by atoms with E-state index < -0.39 is 0 Å². The lowest BCUT2D eigenvalue weighted by molar-refractivity contribution is -0.140. The molecule has 0 spiro atoms. The summed E-state index contributed by atoms with van der Waals surface area (Å²) in [5.74, 6) is 0.979. The maximum Gasteiger partial charge on any atom is 0.254 e. The van der Waals surface area contributed by atoms with Gasteiger partial charge in [0.25, 0.3) is 11.8 Å². The average Bonchev–Trinajstić information content (AvgIpc) is 3.32. The molecule has 3 fully saturated rings. The third kappa shape index (κ3) is 1.70. The van der Waals surface area contributed by atoms with Gasteiger partial charge in [-0.3, -0.25) is 9.59 Å². The summed E-state index contributed by atoms with van der Waals surface area (Å²) in [6.07, 6.45) is 6.91. The zero-order valence-electron chi connectivity index (χ0n) is 12.4. The van der Waals surface area contributed by atoms with Crippen molar-refractivity contribution in [1.29, 1.82) is 0 Å². The number of imide groups is 1. The molecule has 1 saturated heterocycles. The molecule has 0 radical (unpaired) electrons. The first-order valence-corrected chi connectivity index (χ1v) is 8.04. The number of benzene rings is 1. The molecule has 4 aliphatic carbocycles. The van der Waals surface area contributed by atoms with Crippen LogP contribution in [0.4, 0.5) is 0 Å². The number of hydrogen-bond acceptors (Lipinski definition) is 4. The van der Waals surface area contributed by atoms with Gasteiger partial charge in [0.15, 0.2) is 0 Å². The highest BCUT2D eigenvalue weighted by molar-refractivity contribution is 6.06. The number of hydrogen-bond donors (Lipinski definition) is 1. The maximum atomic E-state index is 12.7. The summed E-state index contributed by atoms with van der Waals surface area (Å²) in [4.78, 5) is 25.4. The summed E-state index contributed by atoms with van der Waals surface area (Å²) < 4.78 is 0. The molecule has 116 valence electrons. The Morgan fingerprint density at radius 2 is 1.74 bits per heavy atom. The molecular formula is C18H16N2O3. The molecule has 1 heterocycles. The Balaban J connectivity index is 1.45. The second-order valence-corrected chi connectivity index (χ2v) is 6.98. The lowest BCUT2D eigenvalue weighted by atomic mass is 9.63.